The van der Waals surface area contributed by atoms with Gasteiger partial charge in [-0.3, -0.25) is 5.43 Å². The molecule has 0 aliphatic carbocycles. The Labute approximate surface area is 145 Å². The minimum atomic E-state index is 0.108. The standard InChI is InChI=1S/C16H16ClN3O2S/c1-21-15-8-12(9-19-20-16(18)23)4-7-14(15)22-10-11-2-5-13(17)6-3-11/h2-9H,10H2,1H3,(H3,18,20,23)/b19-9-. The van der Waals surface area contributed by atoms with E-state index in [1.165, 1.54) is 0 Å². The fraction of sp³-hybridized carbons (Fsp3) is 0.125. The highest BCUT2D eigenvalue weighted by Crippen LogP contribution is 2.28. The van der Waals surface area contributed by atoms with E-state index in [-0.39, 0.29) is 5.11 Å². The molecule has 0 aliphatic rings. The molecular formula is C16H16ClN3O2S. The van der Waals surface area contributed by atoms with Crippen molar-refractivity contribution in [2.24, 2.45) is 10.8 Å². The Kier molecular flexibility index (Phi) is 6.19. The quantitative estimate of drug-likeness (QED) is 0.476. The lowest BCUT2D eigenvalue weighted by molar-refractivity contribution is 0.284. The van der Waals surface area contributed by atoms with Gasteiger partial charge < -0.3 is 15.2 Å². The molecule has 7 heteroatoms. The lowest BCUT2D eigenvalue weighted by Gasteiger charge is -2.11. The second kappa shape index (κ2) is 8.36. The molecule has 0 radical (unpaired) electrons. The Morgan fingerprint density at radius 3 is 2.65 bits per heavy atom. The van der Waals surface area contributed by atoms with Crippen LogP contribution < -0.4 is 20.6 Å². The Bertz CT molecular complexity index is 705. The zero-order valence-corrected chi connectivity index (χ0v) is 14.0. The summed E-state index contributed by atoms with van der Waals surface area (Å²) in [6.07, 6.45) is 1.59. The smallest absolute Gasteiger partial charge is 0.184 e. The average molecular weight is 350 g/mol. The minimum Gasteiger partial charge on any atom is -0.493 e. The summed E-state index contributed by atoms with van der Waals surface area (Å²) in [5.74, 6) is 1.25. The zero-order chi connectivity index (χ0) is 16.7. The number of rotatable bonds is 6. The van der Waals surface area contributed by atoms with E-state index < -0.39 is 0 Å². The number of methoxy groups -OCH3 is 1. The van der Waals surface area contributed by atoms with Crippen LogP contribution in [0.4, 0.5) is 0 Å². The van der Waals surface area contributed by atoms with Crippen LogP contribution in [-0.2, 0) is 6.61 Å². The van der Waals surface area contributed by atoms with Gasteiger partial charge in [-0.25, -0.2) is 0 Å². The van der Waals surface area contributed by atoms with Crippen LogP contribution >= 0.6 is 23.8 Å². The lowest BCUT2D eigenvalue weighted by Crippen LogP contribution is -2.23. The van der Waals surface area contributed by atoms with Crippen molar-refractivity contribution in [3.8, 4) is 11.5 Å². The van der Waals surface area contributed by atoms with Gasteiger partial charge in [0.2, 0.25) is 0 Å². The SMILES string of the molecule is COc1cc(/C=N\NC(N)=S)ccc1OCc1ccc(Cl)cc1. The van der Waals surface area contributed by atoms with Gasteiger partial charge in [0.05, 0.1) is 13.3 Å². The summed E-state index contributed by atoms with van der Waals surface area (Å²) in [6, 6.07) is 13.0. The largest absolute Gasteiger partial charge is 0.493 e. The molecule has 23 heavy (non-hydrogen) atoms. The number of hydrogen-bond donors (Lipinski definition) is 2. The van der Waals surface area contributed by atoms with Crippen LogP contribution in [-0.4, -0.2) is 18.4 Å². The molecule has 5 nitrogen and oxygen atoms in total. The summed E-state index contributed by atoms with van der Waals surface area (Å²) in [5.41, 5.74) is 9.63. The van der Waals surface area contributed by atoms with Gasteiger partial charge in [-0.2, -0.15) is 5.10 Å². The number of halogens is 1. The maximum atomic E-state index is 5.86. The number of ether oxygens (including phenoxy) is 2. The van der Waals surface area contributed by atoms with E-state index in [1.807, 2.05) is 42.5 Å². The van der Waals surface area contributed by atoms with Crippen LogP contribution in [0.5, 0.6) is 11.5 Å². The molecule has 0 saturated heterocycles. The second-order valence-electron chi connectivity index (χ2n) is 4.56. The Morgan fingerprint density at radius 1 is 1.26 bits per heavy atom. The normalized spacial score (nSPS) is 10.5. The molecule has 0 atom stereocenters. The topological polar surface area (TPSA) is 68.9 Å². The molecule has 3 N–H and O–H groups in total. The maximum Gasteiger partial charge on any atom is 0.184 e. The molecule has 0 amide bonds. The summed E-state index contributed by atoms with van der Waals surface area (Å²) in [6.45, 7) is 0.421. The minimum absolute atomic E-state index is 0.108. The van der Waals surface area contributed by atoms with Crippen LogP contribution in [0.1, 0.15) is 11.1 Å². The van der Waals surface area contributed by atoms with Crippen LogP contribution in [0.15, 0.2) is 47.6 Å². The van der Waals surface area contributed by atoms with Crippen LogP contribution in [0.3, 0.4) is 0 Å². The summed E-state index contributed by atoms with van der Waals surface area (Å²) >= 11 is 10.5. The van der Waals surface area contributed by atoms with E-state index in [9.17, 15) is 0 Å². The molecular weight excluding hydrogens is 334 g/mol. The van der Waals surface area contributed by atoms with Crippen molar-refractivity contribution in [2.45, 2.75) is 6.61 Å². The van der Waals surface area contributed by atoms with Crippen molar-refractivity contribution in [1.29, 1.82) is 0 Å². The van der Waals surface area contributed by atoms with Gasteiger partial charge in [0.25, 0.3) is 0 Å². The molecule has 2 aromatic rings. The highest BCUT2D eigenvalue weighted by atomic mass is 35.5. The Balaban J connectivity index is 2.05. The van der Waals surface area contributed by atoms with Crippen LogP contribution in [0.25, 0.3) is 0 Å². The molecule has 0 bridgehead atoms. The molecule has 120 valence electrons. The lowest BCUT2D eigenvalue weighted by atomic mass is 10.2. The van der Waals surface area contributed by atoms with E-state index >= 15 is 0 Å². The highest BCUT2D eigenvalue weighted by molar-refractivity contribution is 7.80. The van der Waals surface area contributed by atoms with Crippen molar-refractivity contribution in [1.82, 2.24) is 5.43 Å². The summed E-state index contributed by atoms with van der Waals surface area (Å²) in [4.78, 5) is 0. The maximum absolute atomic E-state index is 5.86. The number of nitrogens with two attached hydrogens (primary N) is 1. The monoisotopic (exact) mass is 349 g/mol. The molecule has 0 aliphatic heterocycles. The van der Waals surface area contributed by atoms with E-state index in [2.05, 4.69) is 22.7 Å². The van der Waals surface area contributed by atoms with Gasteiger partial charge >= 0.3 is 0 Å². The fourth-order valence-electron chi connectivity index (χ4n) is 1.80. The number of nitrogens with zero attached hydrogens (tertiary/aromatic N) is 1. The first-order valence-electron chi connectivity index (χ1n) is 6.72. The predicted molar refractivity (Wildman–Crippen MR) is 96.3 cm³/mol. The molecule has 0 unspecified atom stereocenters. The predicted octanol–water partition coefficient (Wildman–Crippen LogP) is 3.09. The molecule has 0 fully saturated rings. The first-order valence-corrected chi connectivity index (χ1v) is 7.51. The molecule has 0 aromatic heterocycles. The summed E-state index contributed by atoms with van der Waals surface area (Å²) in [7, 11) is 1.58. The molecule has 0 heterocycles. The number of hydrogen-bond acceptors (Lipinski definition) is 4. The zero-order valence-electron chi connectivity index (χ0n) is 12.5. The van der Waals surface area contributed by atoms with E-state index in [0.29, 0.717) is 23.1 Å². The summed E-state index contributed by atoms with van der Waals surface area (Å²) < 4.78 is 11.1. The fourth-order valence-corrected chi connectivity index (χ4v) is 1.97. The van der Waals surface area contributed by atoms with Crippen molar-refractivity contribution in [3.63, 3.8) is 0 Å². The average Bonchev–Trinajstić information content (AvgIpc) is 2.54. The number of thiocarbonyl (C=S) groups is 1. The molecule has 2 aromatic carbocycles. The number of benzene rings is 2. The second-order valence-corrected chi connectivity index (χ2v) is 5.44. The Hall–Kier alpha value is -2.31. The van der Waals surface area contributed by atoms with Crippen molar-refractivity contribution in [3.05, 3.63) is 58.6 Å². The molecule has 0 saturated carbocycles. The highest BCUT2D eigenvalue weighted by Gasteiger charge is 2.05. The first kappa shape index (κ1) is 17.1. The number of hydrazone groups is 1. The molecule has 0 spiro atoms. The Morgan fingerprint density at radius 2 is 2.00 bits per heavy atom. The third-order valence-electron chi connectivity index (χ3n) is 2.88. The summed E-state index contributed by atoms with van der Waals surface area (Å²) in [5, 5.41) is 4.70. The first-order chi connectivity index (χ1) is 11.1. The van der Waals surface area contributed by atoms with Crippen molar-refractivity contribution < 1.29 is 9.47 Å². The van der Waals surface area contributed by atoms with E-state index in [0.717, 1.165) is 11.1 Å². The third-order valence-corrected chi connectivity index (χ3v) is 3.23. The van der Waals surface area contributed by atoms with Gasteiger partial charge in [-0.15, -0.1) is 0 Å². The van der Waals surface area contributed by atoms with Crippen molar-refractivity contribution >= 4 is 35.1 Å². The van der Waals surface area contributed by atoms with Gasteiger partial charge in [0.15, 0.2) is 16.6 Å². The third kappa shape index (κ3) is 5.43. The van der Waals surface area contributed by atoms with Crippen LogP contribution in [0, 0.1) is 0 Å². The van der Waals surface area contributed by atoms with Gasteiger partial charge in [0, 0.05) is 5.02 Å². The van der Waals surface area contributed by atoms with Crippen LogP contribution in [0.2, 0.25) is 5.02 Å². The van der Waals surface area contributed by atoms with Gasteiger partial charge in [-0.1, -0.05) is 23.7 Å². The van der Waals surface area contributed by atoms with Gasteiger partial charge in [-0.05, 0) is 53.7 Å². The van der Waals surface area contributed by atoms with E-state index in [1.54, 1.807) is 13.3 Å². The molecule has 2 rings (SSSR count). The van der Waals surface area contributed by atoms with Crippen molar-refractivity contribution in [2.75, 3.05) is 7.11 Å². The van der Waals surface area contributed by atoms with Gasteiger partial charge in [0.1, 0.15) is 6.61 Å². The number of nitrogens with one attached hydrogen (secondary N) is 1. The van der Waals surface area contributed by atoms with E-state index in [4.69, 9.17) is 26.8 Å².